The molecule has 0 atom stereocenters. The number of hydrogen-bond acceptors (Lipinski definition) is 3. The van der Waals surface area contributed by atoms with Crippen molar-refractivity contribution in [2.75, 3.05) is 11.8 Å². The third-order valence-electron chi connectivity index (χ3n) is 3.02. The van der Waals surface area contributed by atoms with Crippen LogP contribution in [0.1, 0.15) is 11.1 Å². The van der Waals surface area contributed by atoms with Gasteiger partial charge in [-0.25, -0.2) is 8.42 Å². The summed E-state index contributed by atoms with van der Waals surface area (Å²) in [6.45, 7) is 1.86. The van der Waals surface area contributed by atoms with E-state index in [-0.39, 0.29) is 5.75 Å². The average molecular weight is 360 g/mol. The van der Waals surface area contributed by atoms with Crippen LogP contribution in [0.5, 0.6) is 5.75 Å². The fraction of sp³-hybridized carbons (Fsp3) is 0.200. The van der Waals surface area contributed by atoms with Crippen molar-refractivity contribution in [3.63, 3.8) is 0 Å². The summed E-state index contributed by atoms with van der Waals surface area (Å²) < 4.78 is 32.4. The number of rotatable bonds is 5. The largest absolute Gasteiger partial charge is 0.495 e. The maximum absolute atomic E-state index is 12.4. The Labute approximate surface area is 140 Å². The summed E-state index contributed by atoms with van der Waals surface area (Å²) in [5.74, 6) is 0.127. The summed E-state index contributed by atoms with van der Waals surface area (Å²) >= 11 is 12.0. The SMILES string of the molecule is COc1ccc(C)cc1NS(=O)(=O)Cc1c(Cl)cccc1Cl. The Morgan fingerprint density at radius 3 is 2.36 bits per heavy atom. The summed E-state index contributed by atoms with van der Waals surface area (Å²) in [5.41, 5.74) is 1.66. The first-order chi connectivity index (χ1) is 10.3. The molecule has 2 rings (SSSR count). The Kier molecular flexibility index (Phi) is 5.21. The summed E-state index contributed by atoms with van der Waals surface area (Å²) in [7, 11) is -2.20. The molecule has 4 nitrogen and oxygen atoms in total. The van der Waals surface area contributed by atoms with Crippen molar-refractivity contribution in [1.82, 2.24) is 0 Å². The zero-order valence-electron chi connectivity index (χ0n) is 12.1. The van der Waals surface area contributed by atoms with Crippen LogP contribution < -0.4 is 9.46 Å². The quantitative estimate of drug-likeness (QED) is 0.867. The molecule has 0 unspecified atom stereocenters. The van der Waals surface area contributed by atoms with E-state index in [2.05, 4.69) is 4.72 Å². The van der Waals surface area contributed by atoms with E-state index < -0.39 is 10.0 Å². The van der Waals surface area contributed by atoms with Crippen LogP contribution in [-0.2, 0) is 15.8 Å². The lowest BCUT2D eigenvalue weighted by atomic mass is 10.2. The standard InChI is InChI=1S/C15H15Cl2NO3S/c1-10-6-7-15(21-2)14(8-10)18-22(19,20)9-11-12(16)4-3-5-13(11)17/h3-8,18H,9H2,1-2H3. The van der Waals surface area contributed by atoms with E-state index in [4.69, 9.17) is 27.9 Å². The smallest absolute Gasteiger partial charge is 0.237 e. The molecule has 0 bridgehead atoms. The molecule has 118 valence electrons. The average Bonchev–Trinajstić information content (AvgIpc) is 2.43. The predicted molar refractivity (Wildman–Crippen MR) is 90.4 cm³/mol. The fourth-order valence-corrected chi connectivity index (χ4v) is 3.91. The monoisotopic (exact) mass is 359 g/mol. The Morgan fingerprint density at radius 2 is 1.77 bits per heavy atom. The number of methoxy groups -OCH3 is 1. The van der Waals surface area contributed by atoms with Crippen molar-refractivity contribution in [1.29, 1.82) is 0 Å². The first kappa shape index (κ1) is 16.9. The van der Waals surface area contributed by atoms with E-state index in [1.165, 1.54) is 7.11 Å². The Hall–Kier alpha value is -1.43. The van der Waals surface area contributed by atoms with Crippen LogP contribution in [0.2, 0.25) is 10.0 Å². The van der Waals surface area contributed by atoms with Crippen molar-refractivity contribution < 1.29 is 13.2 Å². The maximum Gasteiger partial charge on any atom is 0.237 e. The summed E-state index contributed by atoms with van der Waals surface area (Å²) in [6, 6.07) is 10.1. The number of anilines is 1. The zero-order valence-corrected chi connectivity index (χ0v) is 14.4. The minimum Gasteiger partial charge on any atom is -0.495 e. The molecule has 0 saturated carbocycles. The van der Waals surface area contributed by atoms with Crippen molar-refractivity contribution in [2.24, 2.45) is 0 Å². The lowest BCUT2D eigenvalue weighted by Crippen LogP contribution is -2.16. The third-order valence-corrected chi connectivity index (χ3v) is 4.92. The van der Waals surface area contributed by atoms with Gasteiger partial charge < -0.3 is 4.74 Å². The molecule has 0 aliphatic rings. The lowest BCUT2D eigenvalue weighted by Gasteiger charge is -2.13. The highest BCUT2D eigenvalue weighted by molar-refractivity contribution is 7.91. The van der Waals surface area contributed by atoms with Crippen LogP contribution >= 0.6 is 23.2 Å². The van der Waals surface area contributed by atoms with Crippen LogP contribution in [0.25, 0.3) is 0 Å². The molecule has 0 saturated heterocycles. The molecule has 0 aliphatic carbocycles. The topological polar surface area (TPSA) is 55.4 Å². The van der Waals surface area contributed by atoms with Gasteiger partial charge in [-0.3, -0.25) is 4.72 Å². The van der Waals surface area contributed by atoms with Crippen LogP contribution in [0.3, 0.4) is 0 Å². The minimum atomic E-state index is -3.68. The molecule has 7 heteroatoms. The molecular formula is C15H15Cl2NO3S. The van der Waals surface area contributed by atoms with E-state index in [0.717, 1.165) is 5.56 Å². The summed E-state index contributed by atoms with van der Waals surface area (Å²) in [4.78, 5) is 0. The van der Waals surface area contributed by atoms with Crippen molar-refractivity contribution in [3.05, 3.63) is 57.6 Å². The van der Waals surface area contributed by atoms with Gasteiger partial charge in [-0.05, 0) is 36.8 Å². The van der Waals surface area contributed by atoms with Gasteiger partial charge in [0.25, 0.3) is 0 Å². The van der Waals surface area contributed by atoms with E-state index in [1.54, 1.807) is 30.3 Å². The number of halogens is 2. The first-order valence-electron chi connectivity index (χ1n) is 6.40. The van der Waals surface area contributed by atoms with Gasteiger partial charge in [-0.2, -0.15) is 0 Å². The highest BCUT2D eigenvalue weighted by atomic mass is 35.5. The van der Waals surface area contributed by atoms with Gasteiger partial charge in [-0.1, -0.05) is 35.3 Å². The molecular weight excluding hydrogens is 345 g/mol. The van der Waals surface area contributed by atoms with Gasteiger partial charge in [0.05, 0.1) is 18.6 Å². The Morgan fingerprint density at radius 1 is 1.14 bits per heavy atom. The van der Waals surface area contributed by atoms with Gasteiger partial charge in [-0.15, -0.1) is 0 Å². The molecule has 2 aromatic carbocycles. The molecule has 0 heterocycles. The van der Waals surface area contributed by atoms with Gasteiger partial charge in [0.2, 0.25) is 10.0 Å². The van der Waals surface area contributed by atoms with Crippen LogP contribution in [0, 0.1) is 6.92 Å². The van der Waals surface area contributed by atoms with Crippen molar-refractivity contribution >= 4 is 38.9 Å². The molecule has 2 aromatic rings. The summed E-state index contributed by atoms with van der Waals surface area (Å²) in [6.07, 6.45) is 0. The second-order valence-electron chi connectivity index (χ2n) is 4.77. The number of nitrogens with one attached hydrogen (secondary N) is 1. The molecule has 0 aromatic heterocycles. The summed E-state index contributed by atoms with van der Waals surface area (Å²) in [5, 5.41) is 0.628. The lowest BCUT2D eigenvalue weighted by molar-refractivity contribution is 0.417. The maximum atomic E-state index is 12.4. The molecule has 22 heavy (non-hydrogen) atoms. The van der Waals surface area contributed by atoms with Gasteiger partial charge in [0.1, 0.15) is 5.75 Å². The number of ether oxygens (including phenoxy) is 1. The highest BCUT2D eigenvalue weighted by Crippen LogP contribution is 2.29. The van der Waals surface area contributed by atoms with E-state index in [1.807, 2.05) is 13.0 Å². The number of aryl methyl sites for hydroxylation is 1. The fourth-order valence-electron chi connectivity index (χ4n) is 1.97. The zero-order chi connectivity index (χ0) is 16.3. The van der Waals surface area contributed by atoms with Crippen LogP contribution in [-0.4, -0.2) is 15.5 Å². The van der Waals surface area contributed by atoms with Gasteiger partial charge in [0.15, 0.2) is 0 Å². The number of sulfonamides is 1. The number of benzene rings is 2. The van der Waals surface area contributed by atoms with Gasteiger partial charge in [0, 0.05) is 15.6 Å². The van der Waals surface area contributed by atoms with E-state index in [0.29, 0.717) is 27.0 Å². The molecule has 0 aliphatic heterocycles. The van der Waals surface area contributed by atoms with Crippen LogP contribution in [0.4, 0.5) is 5.69 Å². The third kappa shape index (κ3) is 4.06. The predicted octanol–water partition coefficient (Wildman–Crippen LogP) is 4.25. The Balaban J connectivity index is 2.31. The normalized spacial score (nSPS) is 11.3. The number of hydrogen-bond donors (Lipinski definition) is 1. The van der Waals surface area contributed by atoms with Crippen LogP contribution in [0.15, 0.2) is 36.4 Å². The second kappa shape index (κ2) is 6.77. The molecule has 0 spiro atoms. The van der Waals surface area contributed by atoms with Crippen molar-refractivity contribution in [2.45, 2.75) is 12.7 Å². The van der Waals surface area contributed by atoms with Crippen molar-refractivity contribution in [3.8, 4) is 5.75 Å². The Bertz CT molecular complexity index is 771. The van der Waals surface area contributed by atoms with E-state index >= 15 is 0 Å². The minimum absolute atomic E-state index is 0.314. The second-order valence-corrected chi connectivity index (χ2v) is 7.30. The molecule has 1 N–H and O–H groups in total. The molecule has 0 radical (unpaired) electrons. The molecule has 0 fully saturated rings. The molecule has 0 amide bonds. The first-order valence-corrected chi connectivity index (χ1v) is 8.81. The van der Waals surface area contributed by atoms with Gasteiger partial charge >= 0.3 is 0 Å². The highest BCUT2D eigenvalue weighted by Gasteiger charge is 2.18. The van der Waals surface area contributed by atoms with E-state index in [9.17, 15) is 8.42 Å².